The van der Waals surface area contributed by atoms with Gasteiger partial charge in [-0.15, -0.1) is 0 Å². The maximum atomic E-state index is 12.9. The van der Waals surface area contributed by atoms with Gasteiger partial charge in [-0.1, -0.05) is 0 Å². The summed E-state index contributed by atoms with van der Waals surface area (Å²) >= 11 is 2.87. The minimum atomic E-state index is -0.936. The fourth-order valence-corrected chi connectivity index (χ4v) is 0.793. The molecule has 2 nitrogen and oxygen atoms in total. The van der Waals surface area contributed by atoms with Crippen LogP contribution in [0.5, 0.6) is 5.88 Å². The second kappa shape index (κ2) is 2.96. The van der Waals surface area contributed by atoms with Crippen molar-refractivity contribution in [1.82, 2.24) is 4.98 Å². The van der Waals surface area contributed by atoms with Crippen LogP contribution < -0.4 is 4.74 Å². The lowest BCUT2D eigenvalue weighted by Gasteiger charge is -1.97. The van der Waals surface area contributed by atoms with Gasteiger partial charge in [0.15, 0.2) is 0 Å². The Morgan fingerprint density at radius 1 is 1.80 bits per heavy atom. The molecule has 1 aromatic rings. The van der Waals surface area contributed by atoms with Crippen molar-refractivity contribution in [2.45, 2.75) is 0 Å². The van der Waals surface area contributed by atoms with Crippen LogP contribution in [0.25, 0.3) is 0 Å². The lowest BCUT2D eigenvalue weighted by Crippen LogP contribution is -1.88. The molecule has 0 aliphatic rings. The van der Waals surface area contributed by atoms with Gasteiger partial charge in [0, 0.05) is 12.1 Å². The highest BCUT2D eigenvalue weighted by molar-refractivity contribution is 9.10. The van der Waals surface area contributed by atoms with Crippen LogP contribution in [0.3, 0.4) is 0 Å². The summed E-state index contributed by atoms with van der Waals surface area (Å²) in [6.07, 6.45) is 0. The van der Waals surface area contributed by atoms with Crippen molar-refractivity contribution in [2.75, 3.05) is 7.11 Å². The molecule has 0 N–H and O–H groups in total. The van der Waals surface area contributed by atoms with E-state index in [0.29, 0.717) is 0 Å². The molecule has 1 aromatic heterocycles. The predicted octanol–water partition coefficient (Wildman–Crippen LogP) is 1.99. The second-order valence-corrected chi connectivity index (χ2v) is 2.23. The number of methoxy groups -OCH3 is 1. The largest absolute Gasteiger partial charge is 0.481 e. The fraction of sp³-hybridized carbons (Fsp3) is 0.167. The smallest absolute Gasteiger partial charge is 0.216 e. The number of hydrogen-bond donors (Lipinski definition) is 0. The molecule has 0 unspecified atom stereocenters. The van der Waals surface area contributed by atoms with Crippen molar-refractivity contribution in [3.8, 4) is 5.88 Å². The molecule has 1 heterocycles. The van der Waals surface area contributed by atoms with Crippen molar-refractivity contribution < 1.29 is 11.9 Å². The first-order valence-electron chi connectivity index (χ1n) is 3.44. The topological polar surface area (TPSA) is 22.1 Å². The van der Waals surface area contributed by atoms with E-state index in [1.54, 1.807) is 0 Å². The van der Waals surface area contributed by atoms with E-state index in [0.717, 1.165) is 0 Å². The normalized spacial score (nSPS) is 12.3. The van der Waals surface area contributed by atoms with Gasteiger partial charge in [-0.25, -0.2) is 9.37 Å². The Balaban J connectivity index is 3.39. The van der Waals surface area contributed by atoms with Gasteiger partial charge in [-0.3, -0.25) is 0 Å². The molecule has 10 heavy (non-hydrogen) atoms. The average molecular weight is 208 g/mol. The van der Waals surface area contributed by atoms with Crippen molar-refractivity contribution in [1.29, 1.82) is 0 Å². The molecule has 0 aliphatic carbocycles. The Labute approximate surface area is 69.0 Å². The number of nitrogens with zero attached hydrogens (tertiary/aromatic N) is 1. The van der Waals surface area contributed by atoms with Crippen LogP contribution in [0.4, 0.5) is 4.39 Å². The summed E-state index contributed by atoms with van der Waals surface area (Å²) in [6, 6.07) is -0.925. The molecular weight excluding hydrogens is 201 g/mol. The zero-order chi connectivity index (χ0) is 9.30. The van der Waals surface area contributed by atoms with Gasteiger partial charge >= 0.3 is 0 Å². The first-order chi connectivity index (χ1) is 5.57. The number of hydrogen-bond acceptors (Lipinski definition) is 2. The zero-order valence-electron chi connectivity index (χ0n) is 7.11. The van der Waals surface area contributed by atoms with E-state index in [4.69, 9.17) is 2.74 Å². The Hall–Kier alpha value is -0.640. The van der Waals surface area contributed by atoms with Crippen LogP contribution in [0.15, 0.2) is 16.7 Å². The van der Waals surface area contributed by atoms with Crippen molar-refractivity contribution >= 4 is 15.9 Å². The minimum Gasteiger partial charge on any atom is -0.481 e. The molecule has 0 saturated carbocycles. The van der Waals surface area contributed by atoms with Crippen molar-refractivity contribution in [3.05, 3.63) is 22.5 Å². The fourth-order valence-electron chi connectivity index (χ4n) is 0.457. The third kappa shape index (κ3) is 1.67. The van der Waals surface area contributed by atoms with Crippen molar-refractivity contribution in [3.63, 3.8) is 0 Å². The van der Waals surface area contributed by atoms with Gasteiger partial charge in [0.2, 0.25) is 5.88 Å². The molecule has 0 atom stereocenters. The quantitative estimate of drug-likeness (QED) is 0.658. The number of ether oxygens (including phenoxy) is 1. The van der Waals surface area contributed by atoms with Crippen molar-refractivity contribution in [2.24, 2.45) is 0 Å². The van der Waals surface area contributed by atoms with E-state index >= 15 is 0 Å². The SMILES string of the molecule is [2H]c1c(Br)nc(OC)c([2H])c1F. The minimum absolute atomic E-state index is 0.0350. The Bertz CT molecular complexity index is 321. The molecule has 4 heteroatoms. The molecular formula is C6H5BrFNO. The van der Waals surface area contributed by atoms with Gasteiger partial charge in [-0.2, -0.15) is 0 Å². The number of pyridine rings is 1. The molecule has 0 aliphatic heterocycles. The Morgan fingerprint density at radius 2 is 2.50 bits per heavy atom. The molecule has 0 spiro atoms. The molecule has 54 valence electrons. The number of aromatic nitrogens is 1. The van der Waals surface area contributed by atoms with E-state index in [2.05, 4.69) is 25.7 Å². The Kier molecular flexibility index (Phi) is 1.50. The molecule has 1 rings (SSSR count). The monoisotopic (exact) mass is 207 g/mol. The molecule has 0 amide bonds. The van der Waals surface area contributed by atoms with E-state index < -0.39 is 17.9 Å². The number of rotatable bonds is 1. The lowest BCUT2D eigenvalue weighted by molar-refractivity contribution is 0.393. The van der Waals surface area contributed by atoms with Crippen LogP contribution in [0.2, 0.25) is 0 Å². The maximum absolute atomic E-state index is 12.9. The van der Waals surface area contributed by atoms with Gasteiger partial charge in [0.05, 0.1) is 9.85 Å². The number of halogens is 2. The van der Waals surface area contributed by atoms with E-state index in [9.17, 15) is 4.39 Å². The molecule has 0 fully saturated rings. The van der Waals surface area contributed by atoms with E-state index in [-0.39, 0.29) is 10.5 Å². The third-order valence-electron chi connectivity index (χ3n) is 0.823. The molecule has 0 bridgehead atoms. The van der Waals surface area contributed by atoms with Crippen LogP contribution in [0, 0.1) is 5.82 Å². The van der Waals surface area contributed by atoms with Crippen LogP contribution in [-0.2, 0) is 0 Å². The zero-order valence-corrected chi connectivity index (χ0v) is 6.70. The van der Waals surface area contributed by atoms with Crippen LogP contribution in [0.1, 0.15) is 2.74 Å². The van der Waals surface area contributed by atoms with E-state index in [1.165, 1.54) is 7.11 Å². The summed E-state index contributed by atoms with van der Waals surface area (Å²) < 4.78 is 31.8. The van der Waals surface area contributed by atoms with Gasteiger partial charge in [0.1, 0.15) is 10.4 Å². The summed E-state index contributed by atoms with van der Waals surface area (Å²) in [4.78, 5) is 3.63. The standard InChI is InChI=1S/C6H5BrFNO/c1-10-6-3-4(8)2-5(7)9-6/h2-3H,1H3/i2D,3D. The molecule has 0 saturated heterocycles. The lowest BCUT2D eigenvalue weighted by atomic mass is 10.5. The molecule has 0 radical (unpaired) electrons. The summed E-state index contributed by atoms with van der Waals surface area (Å²) in [5.74, 6) is -1.07. The van der Waals surface area contributed by atoms with Gasteiger partial charge in [-0.05, 0) is 15.9 Å². The Morgan fingerprint density at radius 3 is 3.10 bits per heavy atom. The average Bonchev–Trinajstić information content (AvgIpc) is 2.08. The summed E-state index contributed by atoms with van der Waals surface area (Å²) in [5.41, 5.74) is 0. The predicted molar refractivity (Wildman–Crippen MR) is 38.4 cm³/mol. The van der Waals surface area contributed by atoms with Gasteiger partial charge < -0.3 is 4.74 Å². The highest BCUT2D eigenvalue weighted by atomic mass is 79.9. The summed E-state index contributed by atoms with van der Waals surface area (Å²) in [6.45, 7) is 0. The summed E-state index contributed by atoms with van der Waals surface area (Å²) in [7, 11) is 1.29. The molecule has 0 aromatic carbocycles. The highest BCUT2D eigenvalue weighted by Crippen LogP contribution is 2.14. The third-order valence-corrected chi connectivity index (χ3v) is 1.20. The summed E-state index contributed by atoms with van der Waals surface area (Å²) in [5, 5.41) is 0. The van der Waals surface area contributed by atoms with Crippen LogP contribution >= 0.6 is 15.9 Å². The van der Waals surface area contributed by atoms with Gasteiger partial charge in [0.25, 0.3) is 0 Å². The van der Waals surface area contributed by atoms with Crippen LogP contribution in [-0.4, -0.2) is 12.1 Å². The highest BCUT2D eigenvalue weighted by Gasteiger charge is 1.98. The second-order valence-electron chi connectivity index (χ2n) is 1.48. The first-order valence-corrected chi connectivity index (χ1v) is 3.23. The maximum Gasteiger partial charge on any atom is 0.216 e. The first kappa shape index (κ1) is 5.07. The van der Waals surface area contributed by atoms with E-state index in [1.807, 2.05) is 0 Å².